The molecule has 90 valence electrons. The molecule has 1 aromatic rings. The zero-order chi connectivity index (χ0) is 11.3. The van der Waals surface area contributed by atoms with Crippen molar-refractivity contribution in [1.29, 1.82) is 0 Å². The molecule has 0 heterocycles. The Labute approximate surface area is 115 Å². The molecule has 0 saturated heterocycles. The average Bonchev–Trinajstić information content (AvgIpc) is 2.22. The monoisotopic (exact) mass is 355 g/mol. The van der Waals surface area contributed by atoms with Crippen LogP contribution in [0.4, 0.5) is 0 Å². The predicted octanol–water partition coefficient (Wildman–Crippen LogP) is 2.15. The van der Waals surface area contributed by atoms with Gasteiger partial charge in [-0.15, -0.1) is 12.4 Å². The highest BCUT2D eigenvalue weighted by Crippen LogP contribution is 2.08. The highest BCUT2D eigenvalue weighted by Gasteiger charge is 2.14. The van der Waals surface area contributed by atoms with E-state index >= 15 is 0 Å². The lowest BCUT2D eigenvalue weighted by Gasteiger charge is -2.10. The summed E-state index contributed by atoms with van der Waals surface area (Å²) in [6.45, 7) is 2.15. The first kappa shape index (κ1) is 15.7. The molecule has 0 aliphatic rings. The molecular weight excluding hydrogens is 340 g/mol. The number of hydrogen-bond acceptors (Lipinski definition) is 3. The number of esters is 1. The molecule has 0 aliphatic heterocycles. The second-order valence-corrected chi connectivity index (χ2v) is 4.43. The van der Waals surface area contributed by atoms with Crippen molar-refractivity contribution < 1.29 is 9.53 Å². The minimum absolute atomic E-state index is 0. The van der Waals surface area contributed by atoms with Crippen molar-refractivity contribution in [3.63, 3.8) is 0 Å². The van der Waals surface area contributed by atoms with Crippen LogP contribution >= 0.6 is 35.0 Å². The van der Waals surface area contributed by atoms with Gasteiger partial charge in [0.1, 0.15) is 6.04 Å². The number of hydrogen-bond donors (Lipinski definition) is 1. The smallest absolute Gasteiger partial charge is 0.323 e. The largest absolute Gasteiger partial charge is 0.465 e. The Morgan fingerprint density at radius 3 is 2.50 bits per heavy atom. The Morgan fingerprint density at radius 1 is 1.44 bits per heavy atom. The summed E-state index contributed by atoms with van der Waals surface area (Å²) >= 11 is 2.23. The van der Waals surface area contributed by atoms with E-state index in [1.54, 1.807) is 6.92 Å². The Hall–Kier alpha value is -0.330. The highest BCUT2D eigenvalue weighted by molar-refractivity contribution is 14.1. The second-order valence-electron chi connectivity index (χ2n) is 3.19. The molecule has 0 radical (unpaired) electrons. The third kappa shape index (κ3) is 5.14. The Bertz CT molecular complexity index is 329. The molecular formula is C11H15ClINO2. The minimum atomic E-state index is -0.565. The first-order valence-corrected chi connectivity index (χ1v) is 5.88. The predicted molar refractivity (Wildman–Crippen MR) is 74.7 cm³/mol. The van der Waals surface area contributed by atoms with E-state index in [0.29, 0.717) is 13.0 Å². The Morgan fingerprint density at radius 2 is 2.00 bits per heavy atom. The van der Waals surface area contributed by atoms with Gasteiger partial charge in [-0.25, -0.2) is 0 Å². The first-order valence-electron chi connectivity index (χ1n) is 4.80. The number of ether oxygens (including phenoxy) is 1. The van der Waals surface area contributed by atoms with Gasteiger partial charge < -0.3 is 10.5 Å². The van der Waals surface area contributed by atoms with Crippen LogP contribution in [0.2, 0.25) is 0 Å². The maximum absolute atomic E-state index is 11.3. The van der Waals surface area contributed by atoms with Crippen molar-refractivity contribution in [1.82, 2.24) is 0 Å². The fourth-order valence-electron chi connectivity index (χ4n) is 1.21. The Kier molecular flexibility index (Phi) is 7.70. The van der Waals surface area contributed by atoms with Crippen molar-refractivity contribution in [2.45, 2.75) is 19.4 Å². The number of benzene rings is 1. The van der Waals surface area contributed by atoms with Crippen LogP contribution in [0.25, 0.3) is 0 Å². The van der Waals surface area contributed by atoms with E-state index in [-0.39, 0.29) is 18.4 Å². The summed E-state index contributed by atoms with van der Waals surface area (Å²) in [5, 5.41) is 0. The summed E-state index contributed by atoms with van der Waals surface area (Å²) in [6, 6.07) is 7.37. The van der Waals surface area contributed by atoms with Crippen LogP contribution in [-0.4, -0.2) is 18.6 Å². The van der Waals surface area contributed by atoms with Crippen LogP contribution in [0.1, 0.15) is 12.5 Å². The van der Waals surface area contributed by atoms with E-state index in [1.807, 2.05) is 24.3 Å². The van der Waals surface area contributed by atoms with E-state index in [2.05, 4.69) is 22.6 Å². The SMILES string of the molecule is CCOC(=O)[C@@H](N)Cc1ccc(I)cc1.Cl. The standard InChI is InChI=1S/C11H14INO2.ClH/c1-2-15-11(14)10(13)7-8-3-5-9(12)6-4-8;/h3-6,10H,2,7,13H2,1H3;1H/t10-;/m0./s1. The molecule has 0 bridgehead atoms. The summed E-state index contributed by atoms with van der Waals surface area (Å²) in [5.41, 5.74) is 6.75. The molecule has 5 heteroatoms. The third-order valence-electron chi connectivity index (χ3n) is 1.96. The zero-order valence-corrected chi connectivity index (χ0v) is 12.0. The lowest BCUT2D eigenvalue weighted by molar-refractivity contribution is -0.144. The van der Waals surface area contributed by atoms with Crippen molar-refractivity contribution >= 4 is 41.0 Å². The first-order chi connectivity index (χ1) is 7.13. The summed E-state index contributed by atoms with van der Waals surface area (Å²) in [6.07, 6.45) is 0.524. The number of halogens is 2. The molecule has 3 nitrogen and oxygen atoms in total. The summed E-state index contributed by atoms with van der Waals surface area (Å²) in [4.78, 5) is 11.3. The van der Waals surface area contributed by atoms with E-state index in [0.717, 1.165) is 5.56 Å². The number of carbonyl (C=O) groups is 1. The van der Waals surface area contributed by atoms with Gasteiger partial charge in [0.2, 0.25) is 0 Å². The lowest BCUT2D eigenvalue weighted by Crippen LogP contribution is -2.34. The fraction of sp³-hybridized carbons (Fsp3) is 0.364. The molecule has 0 saturated carbocycles. The molecule has 1 atom stereocenters. The van der Waals surface area contributed by atoms with Crippen molar-refractivity contribution in [2.75, 3.05) is 6.61 Å². The van der Waals surface area contributed by atoms with Gasteiger partial charge in [0.25, 0.3) is 0 Å². The van der Waals surface area contributed by atoms with E-state index in [1.165, 1.54) is 3.57 Å². The maximum Gasteiger partial charge on any atom is 0.323 e. The van der Waals surface area contributed by atoms with Gasteiger partial charge in [-0.3, -0.25) is 4.79 Å². The Balaban J connectivity index is 0.00000225. The van der Waals surface area contributed by atoms with Crippen LogP contribution < -0.4 is 5.73 Å². The minimum Gasteiger partial charge on any atom is -0.465 e. The van der Waals surface area contributed by atoms with E-state index < -0.39 is 6.04 Å². The summed E-state index contributed by atoms with van der Waals surface area (Å²) in [7, 11) is 0. The fourth-order valence-corrected chi connectivity index (χ4v) is 1.57. The van der Waals surface area contributed by atoms with Crippen molar-refractivity contribution in [3.05, 3.63) is 33.4 Å². The highest BCUT2D eigenvalue weighted by atomic mass is 127. The molecule has 1 rings (SSSR count). The molecule has 0 fully saturated rings. The third-order valence-corrected chi connectivity index (χ3v) is 2.68. The zero-order valence-electron chi connectivity index (χ0n) is 8.98. The second kappa shape index (κ2) is 7.86. The molecule has 1 aromatic carbocycles. The molecule has 2 N–H and O–H groups in total. The molecule has 0 aliphatic carbocycles. The molecule has 0 unspecified atom stereocenters. The molecule has 0 amide bonds. The van der Waals surface area contributed by atoms with Crippen LogP contribution in [-0.2, 0) is 16.0 Å². The topological polar surface area (TPSA) is 52.3 Å². The molecule has 0 spiro atoms. The maximum atomic E-state index is 11.3. The van der Waals surface area contributed by atoms with Crippen molar-refractivity contribution in [3.8, 4) is 0 Å². The van der Waals surface area contributed by atoms with Crippen LogP contribution in [0, 0.1) is 3.57 Å². The normalized spacial score (nSPS) is 11.4. The van der Waals surface area contributed by atoms with Gasteiger partial charge in [-0.2, -0.15) is 0 Å². The lowest BCUT2D eigenvalue weighted by atomic mass is 10.1. The van der Waals surface area contributed by atoms with Gasteiger partial charge in [-0.05, 0) is 53.6 Å². The van der Waals surface area contributed by atoms with Crippen LogP contribution in [0.5, 0.6) is 0 Å². The number of nitrogens with two attached hydrogens (primary N) is 1. The van der Waals surface area contributed by atoms with Gasteiger partial charge in [0.05, 0.1) is 6.61 Å². The van der Waals surface area contributed by atoms with E-state index in [9.17, 15) is 4.79 Å². The molecule has 0 aromatic heterocycles. The van der Waals surface area contributed by atoms with Gasteiger partial charge in [0, 0.05) is 3.57 Å². The van der Waals surface area contributed by atoms with Crippen molar-refractivity contribution in [2.24, 2.45) is 5.73 Å². The van der Waals surface area contributed by atoms with Gasteiger partial charge in [0.15, 0.2) is 0 Å². The number of rotatable bonds is 4. The summed E-state index contributed by atoms with van der Waals surface area (Å²) in [5.74, 6) is -0.337. The quantitative estimate of drug-likeness (QED) is 0.665. The van der Waals surface area contributed by atoms with Crippen LogP contribution in [0.3, 0.4) is 0 Å². The number of carbonyl (C=O) groups excluding carboxylic acids is 1. The molecule has 16 heavy (non-hydrogen) atoms. The van der Waals surface area contributed by atoms with Crippen LogP contribution in [0.15, 0.2) is 24.3 Å². The van der Waals surface area contributed by atoms with Gasteiger partial charge >= 0.3 is 5.97 Å². The van der Waals surface area contributed by atoms with E-state index in [4.69, 9.17) is 10.5 Å². The summed E-state index contributed by atoms with van der Waals surface area (Å²) < 4.78 is 6.00. The van der Waals surface area contributed by atoms with Gasteiger partial charge in [-0.1, -0.05) is 12.1 Å². The average molecular weight is 356 g/mol.